The summed E-state index contributed by atoms with van der Waals surface area (Å²) >= 11 is 6.09. The number of anilines is 1. The van der Waals surface area contributed by atoms with Crippen LogP contribution in [0.5, 0.6) is 11.5 Å². The average molecular weight is 383 g/mol. The maximum absolute atomic E-state index is 12.6. The Labute approximate surface area is 159 Å². The Balaban J connectivity index is 1.96. The van der Waals surface area contributed by atoms with Crippen LogP contribution in [0.1, 0.15) is 39.0 Å². The fourth-order valence-corrected chi connectivity index (χ4v) is 3.43. The van der Waals surface area contributed by atoms with Gasteiger partial charge in [-0.1, -0.05) is 18.5 Å². The van der Waals surface area contributed by atoms with Crippen molar-refractivity contribution in [3.05, 3.63) is 17.2 Å². The van der Waals surface area contributed by atoms with Gasteiger partial charge >= 0.3 is 0 Å². The van der Waals surface area contributed by atoms with Crippen LogP contribution in [0.4, 0.5) is 5.69 Å². The number of amides is 2. The van der Waals surface area contributed by atoms with E-state index in [1.165, 1.54) is 14.2 Å². The summed E-state index contributed by atoms with van der Waals surface area (Å²) in [6.07, 6.45) is 3.78. The highest BCUT2D eigenvalue weighted by atomic mass is 35.5. The van der Waals surface area contributed by atoms with Gasteiger partial charge in [-0.05, 0) is 32.1 Å². The van der Waals surface area contributed by atoms with E-state index in [2.05, 4.69) is 10.6 Å². The number of ether oxygens (including phenoxy) is 2. The fourth-order valence-electron chi connectivity index (χ4n) is 3.20. The first-order valence-electron chi connectivity index (χ1n) is 9.00. The minimum Gasteiger partial charge on any atom is -0.495 e. The number of hydrogen-bond donors (Lipinski definition) is 2. The van der Waals surface area contributed by atoms with Crippen LogP contribution in [0.25, 0.3) is 0 Å². The molecule has 1 aliphatic carbocycles. The first-order chi connectivity index (χ1) is 12.5. The number of rotatable bonds is 7. The molecule has 1 saturated carbocycles. The third kappa shape index (κ3) is 5.04. The zero-order valence-corrected chi connectivity index (χ0v) is 16.3. The Morgan fingerprint density at radius 1 is 1.04 bits per heavy atom. The molecule has 0 heterocycles. The Hall–Kier alpha value is -1.95. The Bertz CT molecular complexity index is 643. The monoisotopic (exact) mass is 382 g/mol. The van der Waals surface area contributed by atoms with Crippen LogP contribution in [0, 0.1) is 11.8 Å². The second-order valence-corrected chi connectivity index (χ2v) is 6.92. The van der Waals surface area contributed by atoms with Gasteiger partial charge in [-0.3, -0.25) is 9.59 Å². The van der Waals surface area contributed by atoms with Crippen LogP contribution in [0.2, 0.25) is 5.02 Å². The third-order valence-electron chi connectivity index (χ3n) is 4.75. The van der Waals surface area contributed by atoms with Gasteiger partial charge in [0.25, 0.3) is 0 Å². The van der Waals surface area contributed by atoms with Crippen LogP contribution in [0.3, 0.4) is 0 Å². The Kier molecular flexibility index (Phi) is 7.57. The van der Waals surface area contributed by atoms with E-state index in [1.807, 2.05) is 6.92 Å². The molecule has 2 amide bonds. The van der Waals surface area contributed by atoms with E-state index in [0.29, 0.717) is 41.6 Å². The number of carbonyl (C=O) groups excluding carboxylic acids is 2. The maximum Gasteiger partial charge on any atom is 0.227 e. The number of methoxy groups -OCH3 is 2. The topological polar surface area (TPSA) is 76.7 Å². The molecule has 6 nitrogen and oxygen atoms in total. The highest BCUT2D eigenvalue weighted by Crippen LogP contribution is 2.37. The van der Waals surface area contributed by atoms with Gasteiger partial charge in [0.2, 0.25) is 11.8 Å². The van der Waals surface area contributed by atoms with E-state index < -0.39 is 0 Å². The second-order valence-electron chi connectivity index (χ2n) is 6.52. The van der Waals surface area contributed by atoms with Gasteiger partial charge in [0, 0.05) is 30.5 Å². The van der Waals surface area contributed by atoms with Crippen LogP contribution < -0.4 is 20.1 Å². The molecule has 0 saturated heterocycles. The van der Waals surface area contributed by atoms with E-state index in [0.717, 1.165) is 19.3 Å². The predicted molar refractivity (Wildman–Crippen MR) is 102 cm³/mol. The lowest BCUT2D eigenvalue weighted by molar-refractivity contribution is -0.128. The summed E-state index contributed by atoms with van der Waals surface area (Å²) in [6.45, 7) is 2.74. The van der Waals surface area contributed by atoms with Gasteiger partial charge < -0.3 is 20.1 Å². The standard InChI is InChI=1S/C19H27ClN2O4/c1-4-9-21-18(23)12-5-7-13(8-6-12)19(24)22-15-11-16(25-2)14(20)10-17(15)26-3/h10-13H,4-9H2,1-3H3,(H,21,23)(H,22,24). The summed E-state index contributed by atoms with van der Waals surface area (Å²) < 4.78 is 10.5. The maximum atomic E-state index is 12.6. The van der Waals surface area contributed by atoms with E-state index >= 15 is 0 Å². The number of halogens is 1. The van der Waals surface area contributed by atoms with E-state index in [1.54, 1.807) is 12.1 Å². The largest absolute Gasteiger partial charge is 0.495 e. The van der Waals surface area contributed by atoms with Gasteiger partial charge in [-0.15, -0.1) is 0 Å². The minimum atomic E-state index is -0.114. The molecule has 144 valence electrons. The molecule has 2 rings (SSSR count). The minimum absolute atomic E-state index is 0.00996. The van der Waals surface area contributed by atoms with Crippen LogP contribution >= 0.6 is 11.6 Å². The lowest BCUT2D eigenvalue weighted by atomic mass is 9.81. The Morgan fingerprint density at radius 3 is 2.15 bits per heavy atom. The molecule has 0 bridgehead atoms. The van der Waals surface area contributed by atoms with Crippen molar-refractivity contribution in [2.75, 3.05) is 26.1 Å². The molecular formula is C19H27ClN2O4. The summed E-state index contributed by atoms with van der Waals surface area (Å²) in [7, 11) is 3.04. The summed E-state index contributed by atoms with van der Waals surface area (Å²) in [6, 6.07) is 3.27. The van der Waals surface area contributed by atoms with Gasteiger partial charge in [0.15, 0.2) is 0 Å². The van der Waals surface area contributed by atoms with E-state index in [9.17, 15) is 9.59 Å². The molecule has 0 unspecified atom stereocenters. The van der Waals surface area contributed by atoms with Crippen molar-refractivity contribution >= 4 is 29.1 Å². The molecule has 1 fully saturated rings. The quantitative estimate of drug-likeness (QED) is 0.755. The molecule has 0 spiro atoms. The van der Waals surface area contributed by atoms with Crippen molar-refractivity contribution in [2.24, 2.45) is 11.8 Å². The van der Waals surface area contributed by atoms with Crippen molar-refractivity contribution in [2.45, 2.75) is 39.0 Å². The number of benzene rings is 1. The van der Waals surface area contributed by atoms with E-state index in [-0.39, 0.29) is 23.7 Å². The number of hydrogen-bond acceptors (Lipinski definition) is 4. The van der Waals surface area contributed by atoms with Crippen molar-refractivity contribution < 1.29 is 19.1 Å². The van der Waals surface area contributed by atoms with Crippen molar-refractivity contribution in [1.29, 1.82) is 0 Å². The zero-order valence-electron chi connectivity index (χ0n) is 15.6. The first-order valence-corrected chi connectivity index (χ1v) is 9.38. The highest BCUT2D eigenvalue weighted by Gasteiger charge is 2.30. The molecule has 0 aromatic heterocycles. The third-order valence-corrected chi connectivity index (χ3v) is 5.05. The van der Waals surface area contributed by atoms with Gasteiger partial charge in [-0.25, -0.2) is 0 Å². The summed E-state index contributed by atoms with van der Waals surface area (Å²) in [4.78, 5) is 24.7. The number of nitrogens with one attached hydrogen (secondary N) is 2. The van der Waals surface area contributed by atoms with Crippen molar-refractivity contribution in [3.8, 4) is 11.5 Å². The molecule has 0 aliphatic heterocycles. The zero-order chi connectivity index (χ0) is 19.1. The second kappa shape index (κ2) is 9.67. The van der Waals surface area contributed by atoms with E-state index in [4.69, 9.17) is 21.1 Å². The van der Waals surface area contributed by atoms with Crippen molar-refractivity contribution in [1.82, 2.24) is 5.32 Å². The lowest BCUT2D eigenvalue weighted by Gasteiger charge is -2.27. The molecule has 2 N–H and O–H groups in total. The molecule has 1 aromatic carbocycles. The predicted octanol–water partition coefficient (Wildman–Crippen LogP) is 3.63. The highest BCUT2D eigenvalue weighted by molar-refractivity contribution is 6.32. The molecule has 0 radical (unpaired) electrons. The average Bonchev–Trinajstić information content (AvgIpc) is 2.67. The van der Waals surface area contributed by atoms with Gasteiger partial charge in [0.05, 0.1) is 24.9 Å². The SMILES string of the molecule is CCCNC(=O)C1CCC(C(=O)Nc2cc(OC)c(Cl)cc2OC)CC1. The van der Waals surface area contributed by atoms with Crippen molar-refractivity contribution in [3.63, 3.8) is 0 Å². The first kappa shape index (κ1) is 20.4. The lowest BCUT2D eigenvalue weighted by Crippen LogP contribution is -2.35. The van der Waals surface area contributed by atoms with Crippen LogP contribution in [-0.4, -0.2) is 32.6 Å². The Morgan fingerprint density at radius 2 is 1.62 bits per heavy atom. The summed E-state index contributed by atoms with van der Waals surface area (Å²) in [5, 5.41) is 6.26. The summed E-state index contributed by atoms with van der Waals surface area (Å²) in [5.74, 6) is 0.887. The van der Waals surface area contributed by atoms with Gasteiger partial charge in [0.1, 0.15) is 11.5 Å². The molecule has 26 heavy (non-hydrogen) atoms. The molecule has 0 atom stereocenters. The van der Waals surface area contributed by atoms with Gasteiger partial charge in [-0.2, -0.15) is 0 Å². The molecule has 7 heteroatoms. The molecule has 1 aliphatic rings. The molecule has 1 aromatic rings. The number of carbonyl (C=O) groups is 2. The van der Waals surface area contributed by atoms with Crippen LogP contribution in [0.15, 0.2) is 12.1 Å². The smallest absolute Gasteiger partial charge is 0.227 e. The normalized spacial score (nSPS) is 19.5. The summed E-state index contributed by atoms with van der Waals surface area (Å²) in [5.41, 5.74) is 0.529. The molecular weight excluding hydrogens is 356 g/mol. The van der Waals surface area contributed by atoms with Crippen LogP contribution in [-0.2, 0) is 9.59 Å². The fraction of sp³-hybridized carbons (Fsp3) is 0.579.